The Morgan fingerprint density at radius 3 is 2.76 bits per heavy atom. The van der Waals surface area contributed by atoms with Crippen LogP contribution in [0.1, 0.15) is 21.7 Å². The number of halogens is 1. The molecule has 3 aromatic rings. The molecular weight excluding hydrogens is 347 g/mol. The molecule has 0 saturated heterocycles. The summed E-state index contributed by atoms with van der Waals surface area (Å²) in [7, 11) is 0. The maximum absolute atomic E-state index is 13.4. The zero-order valence-corrected chi connectivity index (χ0v) is 13.5. The molecule has 25 heavy (non-hydrogen) atoms. The van der Waals surface area contributed by atoms with Crippen LogP contribution in [0.4, 0.5) is 4.39 Å². The van der Waals surface area contributed by atoms with Crippen molar-refractivity contribution in [3.63, 3.8) is 0 Å². The summed E-state index contributed by atoms with van der Waals surface area (Å²) in [6.45, 7) is 0.209. The van der Waals surface area contributed by atoms with Crippen LogP contribution >= 0.6 is 0 Å². The molecule has 0 saturated carbocycles. The molecule has 2 aromatic carbocycles. The zero-order valence-electron chi connectivity index (χ0n) is 12.7. The quantitative estimate of drug-likeness (QED) is 0.562. The summed E-state index contributed by atoms with van der Waals surface area (Å²) in [6, 6.07) is 8.57. The van der Waals surface area contributed by atoms with Gasteiger partial charge in [-0.2, -0.15) is 0 Å². The van der Waals surface area contributed by atoms with Gasteiger partial charge in [0, 0.05) is 6.54 Å². The standard InChI is InChI=1S/C16H11FN4O3S/c17-9-2-4-13-11(6-9)14(22)15-20-12-3-1-8(7-19-25(18)24)5-10(12)16(23)21(13)15/h1-6,19H,7,18H2. The first-order chi connectivity index (χ1) is 12.0. The van der Waals surface area contributed by atoms with Gasteiger partial charge in [-0.25, -0.2) is 23.4 Å². The molecule has 2 heterocycles. The van der Waals surface area contributed by atoms with Gasteiger partial charge in [0.2, 0.25) is 5.78 Å². The molecule has 9 heteroatoms. The van der Waals surface area contributed by atoms with E-state index in [9.17, 15) is 18.2 Å². The summed E-state index contributed by atoms with van der Waals surface area (Å²) < 4.78 is 28.1. The number of nitrogens with two attached hydrogens (primary N) is 1. The van der Waals surface area contributed by atoms with Crippen LogP contribution in [0.25, 0.3) is 16.6 Å². The van der Waals surface area contributed by atoms with E-state index in [-0.39, 0.29) is 17.9 Å². The fourth-order valence-electron chi connectivity index (χ4n) is 2.88. The molecule has 0 spiro atoms. The van der Waals surface area contributed by atoms with Crippen molar-refractivity contribution in [3.8, 4) is 5.69 Å². The van der Waals surface area contributed by atoms with Gasteiger partial charge < -0.3 is 0 Å². The van der Waals surface area contributed by atoms with Crippen LogP contribution in [-0.2, 0) is 17.7 Å². The zero-order chi connectivity index (χ0) is 17.7. The Morgan fingerprint density at radius 1 is 1.20 bits per heavy atom. The molecule has 0 fully saturated rings. The first kappa shape index (κ1) is 15.8. The van der Waals surface area contributed by atoms with Crippen LogP contribution in [0.5, 0.6) is 0 Å². The van der Waals surface area contributed by atoms with E-state index in [1.807, 2.05) is 0 Å². The van der Waals surface area contributed by atoms with Crippen LogP contribution in [-0.4, -0.2) is 19.5 Å². The number of nitrogens with zero attached hydrogens (tertiary/aromatic N) is 2. The largest absolute Gasteiger partial charge is 0.285 e. The minimum Gasteiger partial charge on any atom is -0.285 e. The lowest BCUT2D eigenvalue weighted by Crippen LogP contribution is -2.24. The lowest BCUT2D eigenvalue weighted by Gasteiger charge is -2.07. The highest BCUT2D eigenvalue weighted by molar-refractivity contribution is 7.80. The van der Waals surface area contributed by atoms with Crippen LogP contribution in [0, 0.1) is 5.82 Å². The number of carbonyl (C=O) groups excluding carboxylic acids is 1. The van der Waals surface area contributed by atoms with Crippen molar-refractivity contribution >= 4 is 27.9 Å². The number of hydrogen-bond donors (Lipinski definition) is 2. The van der Waals surface area contributed by atoms with Crippen LogP contribution in [0.2, 0.25) is 0 Å². The molecule has 3 N–H and O–H groups in total. The first-order valence-corrected chi connectivity index (χ1v) is 8.47. The predicted octanol–water partition coefficient (Wildman–Crippen LogP) is 0.696. The monoisotopic (exact) mass is 358 g/mol. The molecule has 0 amide bonds. The Labute approximate surface area is 143 Å². The van der Waals surface area contributed by atoms with E-state index in [1.165, 1.54) is 16.7 Å². The highest BCUT2D eigenvalue weighted by Crippen LogP contribution is 2.27. The van der Waals surface area contributed by atoms with Gasteiger partial charge in [0.25, 0.3) is 5.56 Å². The Kier molecular flexibility index (Phi) is 3.57. The van der Waals surface area contributed by atoms with Gasteiger partial charge in [0.1, 0.15) is 5.82 Å². The Hall–Kier alpha value is -2.75. The van der Waals surface area contributed by atoms with Gasteiger partial charge in [-0.15, -0.1) is 0 Å². The predicted molar refractivity (Wildman–Crippen MR) is 89.9 cm³/mol. The number of nitrogens with one attached hydrogen (secondary N) is 1. The van der Waals surface area contributed by atoms with E-state index in [1.54, 1.807) is 18.2 Å². The van der Waals surface area contributed by atoms with Gasteiger partial charge in [0.15, 0.2) is 17.0 Å². The number of hydrogen-bond acceptors (Lipinski definition) is 4. The van der Waals surface area contributed by atoms with Gasteiger partial charge in [0.05, 0.1) is 22.2 Å². The summed E-state index contributed by atoms with van der Waals surface area (Å²) in [5, 5.41) is 5.45. The van der Waals surface area contributed by atoms with E-state index < -0.39 is 28.3 Å². The first-order valence-electron chi connectivity index (χ1n) is 7.25. The second kappa shape index (κ2) is 5.66. The normalized spacial score (nSPS) is 13.8. The van der Waals surface area contributed by atoms with Crippen molar-refractivity contribution in [2.75, 3.05) is 0 Å². The van der Waals surface area contributed by atoms with Gasteiger partial charge in [-0.3, -0.25) is 14.2 Å². The third-order valence-corrected chi connectivity index (χ3v) is 4.43. The molecule has 0 radical (unpaired) electrons. The smallest absolute Gasteiger partial charge is 0.266 e. The molecule has 126 valence electrons. The van der Waals surface area contributed by atoms with Crippen molar-refractivity contribution in [3.05, 3.63) is 69.5 Å². The number of ketones is 1. The van der Waals surface area contributed by atoms with Crippen molar-refractivity contribution < 1.29 is 13.4 Å². The average Bonchev–Trinajstić information content (AvgIpc) is 2.86. The molecule has 1 aliphatic rings. The topological polar surface area (TPSA) is 107 Å². The van der Waals surface area contributed by atoms with E-state index in [0.717, 1.165) is 6.07 Å². The minimum atomic E-state index is -1.67. The van der Waals surface area contributed by atoms with E-state index in [4.69, 9.17) is 5.14 Å². The Bertz CT molecular complexity index is 1140. The summed E-state index contributed by atoms with van der Waals surface area (Å²) in [5.74, 6) is -1.08. The van der Waals surface area contributed by atoms with Crippen molar-refractivity contribution in [1.82, 2.24) is 14.3 Å². The molecule has 1 atom stereocenters. The lowest BCUT2D eigenvalue weighted by atomic mass is 10.1. The van der Waals surface area contributed by atoms with Crippen LogP contribution < -0.4 is 15.4 Å². The molecule has 0 bridgehead atoms. The third-order valence-electron chi connectivity index (χ3n) is 4.00. The van der Waals surface area contributed by atoms with E-state index >= 15 is 0 Å². The number of aromatic nitrogens is 2. The molecule has 0 aliphatic carbocycles. The maximum Gasteiger partial charge on any atom is 0.266 e. The van der Waals surface area contributed by atoms with Gasteiger partial charge in [-0.1, -0.05) is 6.07 Å². The number of benzene rings is 2. The average molecular weight is 358 g/mol. The molecule has 7 nitrogen and oxygen atoms in total. The second-order valence-electron chi connectivity index (χ2n) is 5.54. The second-order valence-corrected chi connectivity index (χ2v) is 6.42. The maximum atomic E-state index is 13.4. The third kappa shape index (κ3) is 2.49. The molecule has 4 rings (SSSR count). The van der Waals surface area contributed by atoms with Gasteiger partial charge >= 0.3 is 0 Å². The van der Waals surface area contributed by atoms with Gasteiger partial charge in [-0.05, 0) is 35.9 Å². The summed E-state index contributed by atoms with van der Waals surface area (Å²) in [6.07, 6.45) is 0. The Morgan fingerprint density at radius 2 is 2.00 bits per heavy atom. The van der Waals surface area contributed by atoms with Crippen molar-refractivity contribution in [1.29, 1.82) is 0 Å². The minimum absolute atomic E-state index is 0.0352. The fraction of sp³-hybridized carbons (Fsp3) is 0.0625. The number of fused-ring (bicyclic) bond motifs is 4. The molecule has 1 aromatic heterocycles. The summed E-state index contributed by atoms with van der Waals surface area (Å²) in [4.78, 5) is 29.6. The van der Waals surface area contributed by atoms with E-state index in [2.05, 4.69) is 9.71 Å². The highest BCUT2D eigenvalue weighted by atomic mass is 32.2. The van der Waals surface area contributed by atoms with Crippen molar-refractivity contribution in [2.24, 2.45) is 5.14 Å². The molecular formula is C16H11FN4O3S. The lowest BCUT2D eigenvalue weighted by molar-refractivity contribution is 0.103. The van der Waals surface area contributed by atoms with Crippen LogP contribution in [0.15, 0.2) is 41.2 Å². The molecule has 1 aliphatic heterocycles. The Balaban J connectivity index is 1.93. The highest BCUT2D eigenvalue weighted by Gasteiger charge is 2.30. The fourth-order valence-corrected chi connectivity index (χ4v) is 3.19. The summed E-state index contributed by atoms with van der Waals surface area (Å²) >= 11 is -1.67. The number of rotatable bonds is 3. The summed E-state index contributed by atoms with van der Waals surface area (Å²) in [5.41, 5.74) is 1.05. The van der Waals surface area contributed by atoms with Crippen molar-refractivity contribution in [2.45, 2.75) is 6.54 Å². The SMILES string of the molecule is NS(=O)NCc1ccc2nc3n(c(=O)c2c1)-c1ccc(F)cc1C3=O. The number of carbonyl (C=O) groups is 1. The van der Waals surface area contributed by atoms with E-state index in [0.29, 0.717) is 22.2 Å². The van der Waals surface area contributed by atoms with Crippen LogP contribution in [0.3, 0.4) is 0 Å². The molecule has 1 unspecified atom stereocenters.